The van der Waals surface area contributed by atoms with Crippen molar-refractivity contribution in [3.05, 3.63) is 52.2 Å². The van der Waals surface area contributed by atoms with Gasteiger partial charge in [-0.3, -0.25) is 10.1 Å². The van der Waals surface area contributed by atoms with E-state index in [0.29, 0.717) is 0 Å². The first-order valence-corrected chi connectivity index (χ1v) is 5.16. The summed E-state index contributed by atoms with van der Waals surface area (Å²) >= 11 is 0. The third-order valence-electron chi connectivity index (χ3n) is 2.31. The van der Waals surface area contributed by atoms with E-state index < -0.39 is 4.92 Å². The van der Waals surface area contributed by atoms with Gasteiger partial charge in [0, 0.05) is 12.1 Å². The molecule has 0 radical (unpaired) electrons. The van der Waals surface area contributed by atoms with Crippen molar-refractivity contribution in [1.29, 1.82) is 0 Å². The Balaban J connectivity index is 2.29. The fraction of sp³-hybridized carbons (Fsp3) is 0.0833. The van der Waals surface area contributed by atoms with Gasteiger partial charge in [0.15, 0.2) is 11.5 Å². The SMILES string of the molecule is Cc1nc(Oc2ccccc2O)ccc1[N+](=O)[O-]. The summed E-state index contributed by atoms with van der Waals surface area (Å²) in [5.74, 6) is 0.424. The van der Waals surface area contributed by atoms with E-state index in [0.717, 1.165) is 0 Å². The molecule has 2 rings (SSSR count). The van der Waals surface area contributed by atoms with Crippen molar-refractivity contribution in [3.63, 3.8) is 0 Å². The molecule has 0 aliphatic carbocycles. The zero-order valence-electron chi connectivity index (χ0n) is 9.53. The Bertz CT molecular complexity index is 598. The van der Waals surface area contributed by atoms with Crippen LogP contribution in [0.15, 0.2) is 36.4 Å². The number of aryl methyl sites for hydroxylation is 1. The van der Waals surface area contributed by atoms with E-state index in [1.54, 1.807) is 18.2 Å². The first kappa shape index (κ1) is 11.8. The van der Waals surface area contributed by atoms with Crippen LogP contribution in [-0.4, -0.2) is 15.0 Å². The minimum Gasteiger partial charge on any atom is -0.504 e. The highest BCUT2D eigenvalue weighted by atomic mass is 16.6. The Hall–Kier alpha value is -2.63. The lowest BCUT2D eigenvalue weighted by Crippen LogP contribution is -1.96. The second kappa shape index (κ2) is 4.70. The molecular formula is C12H10N2O4. The number of pyridine rings is 1. The molecule has 0 bridgehead atoms. The van der Waals surface area contributed by atoms with Gasteiger partial charge in [-0.25, -0.2) is 4.98 Å². The van der Waals surface area contributed by atoms with Crippen molar-refractivity contribution in [2.75, 3.05) is 0 Å². The van der Waals surface area contributed by atoms with Crippen LogP contribution in [0.3, 0.4) is 0 Å². The number of benzene rings is 1. The molecule has 1 aromatic carbocycles. The largest absolute Gasteiger partial charge is 0.504 e. The highest BCUT2D eigenvalue weighted by Crippen LogP contribution is 2.30. The number of phenolic OH excluding ortho intramolecular Hbond substituents is 1. The van der Waals surface area contributed by atoms with Gasteiger partial charge in [-0.2, -0.15) is 0 Å². The molecule has 6 heteroatoms. The highest BCUT2D eigenvalue weighted by molar-refractivity contribution is 5.42. The summed E-state index contributed by atoms with van der Waals surface area (Å²) in [6.07, 6.45) is 0. The monoisotopic (exact) mass is 246 g/mol. The minimum absolute atomic E-state index is 0.0182. The molecule has 0 amide bonds. The van der Waals surface area contributed by atoms with Gasteiger partial charge in [0.05, 0.1) is 4.92 Å². The molecular weight excluding hydrogens is 236 g/mol. The van der Waals surface area contributed by atoms with E-state index in [9.17, 15) is 15.2 Å². The highest BCUT2D eigenvalue weighted by Gasteiger charge is 2.13. The molecule has 0 atom stereocenters. The van der Waals surface area contributed by atoms with Gasteiger partial charge >= 0.3 is 0 Å². The summed E-state index contributed by atoms with van der Waals surface area (Å²) in [7, 11) is 0. The molecule has 0 unspecified atom stereocenters. The number of nitro groups is 1. The molecule has 92 valence electrons. The molecule has 18 heavy (non-hydrogen) atoms. The van der Waals surface area contributed by atoms with Gasteiger partial charge in [0.2, 0.25) is 5.88 Å². The quantitative estimate of drug-likeness (QED) is 0.664. The average Bonchev–Trinajstić information content (AvgIpc) is 2.32. The van der Waals surface area contributed by atoms with Crippen molar-refractivity contribution in [3.8, 4) is 17.4 Å². The fourth-order valence-corrected chi connectivity index (χ4v) is 1.44. The number of aromatic hydroxyl groups is 1. The van der Waals surface area contributed by atoms with Crippen LogP contribution < -0.4 is 4.74 Å². The summed E-state index contributed by atoms with van der Waals surface area (Å²) in [4.78, 5) is 14.1. The van der Waals surface area contributed by atoms with Gasteiger partial charge in [0.25, 0.3) is 5.69 Å². The van der Waals surface area contributed by atoms with Crippen LogP contribution in [0, 0.1) is 17.0 Å². The molecule has 1 N–H and O–H groups in total. The number of ether oxygens (including phenoxy) is 1. The molecule has 0 spiro atoms. The van der Waals surface area contributed by atoms with Gasteiger partial charge < -0.3 is 9.84 Å². The summed E-state index contributed by atoms with van der Waals surface area (Å²) in [5.41, 5.74) is 0.188. The lowest BCUT2D eigenvalue weighted by atomic mass is 10.3. The molecule has 0 saturated carbocycles. The molecule has 0 aliphatic rings. The lowest BCUT2D eigenvalue weighted by molar-refractivity contribution is -0.385. The zero-order chi connectivity index (χ0) is 13.1. The molecule has 2 aromatic rings. The van der Waals surface area contributed by atoms with Crippen LogP contribution in [0.2, 0.25) is 0 Å². The summed E-state index contributed by atoms with van der Waals surface area (Å²) in [5, 5.41) is 20.2. The van der Waals surface area contributed by atoms with Crippen molar-refractivity contribution in [1.82, 2.24) is 4.98 Å². The first-order chi connectivity index (χ1) is 8.58. The lowest BCUT2D eigenvalue weighted by Gasteiger charge is -2.06. The topological polar surface area (TPSA) is 85.5 Å². The van der Waals surface area contributed by atoms with Crippen LogP contribution in [0.1, 0.15) is 5.69 Å². The maximum Gasteiger partial charge on any atom is 0.290 e. The second-order valence-corrected chi connectivity index (χ2v) is 3.58. The predicted octanol–water partition coefficient (Wildman–Crippen LogP) is 2.80. The molecule has 0 fully saturated rings. The summed E-state index contributed by atoms with van der Waals surface area (Å²) in [6.45, 7) is 1.52. The van der Waals surface area contributed by atoms with Crippen LogP contribution in [-0.2, 0) is 0 Å². The van der Waals surface area contributed by atoms with E-state index >= 15 is 0 Å². The normalized spacial score (nSPS) is 10.1. The average molecular weight is 246 g/mol. The van der Waals surface area contributed by atoms with Gasteiger partial charge in [0.1, 0.15) is 5.69 Å². The van der Waals surface area contributed by atoms with E-state index in [1.165, 1.54) is 25.1 Å². The van der Waals surface area contributed by atoms with Gasteiger partial charge in [-0.05, 0) is 19.1 Å². The van der Waals surface area contributed by atoms with Crippen molar-refractivity contribution in [2.45, 2.75) is 6.92 Å². The molecule has 1 heterocycles. The number of nitrogens with zero attached hydrogens (tertiary/aromatic N) is 2. The van der Waals surface area contributed by atoms with Crippen LogP contribution in [0.25, 0.3) is 0 Å². The van der Waals surface area contributed by atoms with E-state index in [2.05, 4.69) is 4.98 Å². The Morgan fingerprint density at radius 1 is 1.28 bits per heavy atom. The number of hydrogen-bond donors (Lipinski definition) is 1. The number of hydrogen-bond acceptors (Lipinski definition) is 5. The second-order valence-electron chi connectivity index (χ2n) is 3.58. The Morgan fingerprint density at radius 2 is 2.00 bits per heavy atom. The minimum atomic E-state index is -0.508. The van der Waals surface area contributed by atoms with Gasteiger partial charge in [-0.15, -0.1) is 0 Å². The third kappa shape index (κ3) is 2.37. The molecule has 6 nitrogen and oxygen atoms in total. The Labute approximate surface area is 103 Å². The first-order valence-electron chi connectivity index (χ1n) is 5.16. The smallest absolute Gasteiger partial charge is 0.290 e. The maximum atomic E-state index is 10.6. The molecule has 0 aliphatic heterocycles. The van der Waals surface area contributed by atoms with Crippen molar-refractivity contribution < 1.29 is 14.8 Å². The Kier molecular flexibility index (Phi) is 3.09. The Morgan fingerprint density at radius 3 is 2.61 bits per heavy atom. The zero-order valence-corrected chi connectivity index (χ0v) is 9.53. The molecule has 0 saturated heterocycles. The number of para-hydroxylation sites is 2. The number of phenols is 1. The third-order valence-corrected chi connectivity index (χ3v) is 2.31. The summed E-state index contributed by atoms with van der Waals surface area (Å²) < 4.78 is 5.34. The predicted molar refractivity (Wildman–Crippen MR) is 63.8 cm³/mol. The van der Waals surface area contributed by atoms with E-state index in [4.69, 9.17) is 4.74 Å². The summed E-state index contributed by atoms with van der Waals surface area (Å²) in [6, 6.07) is 9.13. The van der Waals surface area contributed by atoms with Crippen LogP contribution in [0.5, 0.6) is 17.4 Å². The van der Waals surface area contributed by atoms with Crippen molar-refractivity contribution in [2.24, 2.45) is 0 Å². The number of aromatic nitrogens is 1. The van der Waals surface area contributed by atoms with Crippen LogP contribution in [0.4, 0.5) is 5.69 Å². The standard InChI is InChI=1S/C12H10N2O4/c1-8-9(14(16)17)6-7-12(13-8)18-11-5-3-2-4-10(11)15/h2-7,15H,1H3. The fourth-order valence-electron chi connectivity index (χ4n) is 1.44. The van der Waals surface area contributed by atoms with Crippen molar-refractivity contribution >= 4 is 5.69 Å². The van der Waals surface area contributed by atoms with E-state index in [-0.39, 0.29) is 28.8 Å². The van der Waals surface area contributed by atoms with Gasteiger partial charge in [-0.1, -0.05) is 12.1 Å². The number of rotatable bonds is 3. The van der Waals surface area contributed by atoms with E-state index in [1.807, 2.05) is 0 Å². The van der Waals surface area contributed by atoms with Crippen LogP contribution >= 0.6 is 0 Å². The maximum absolute atomic E-state index is 10.6. The molecule has 1 aromatic heterocycles.